The van der Waals surface area contributed by atoms with E-state index in [-0.39, 0.29) is 36.0 Å². The minimum atomic E-state index is -0.555. The first-order valence-corrected chi connectivity index (χ1v) is 13.2. The normalized spacial score (nSPS) is 21.2. The molecule has 1 aromatic heterocycles. The first-order valence-electron chi connectivity index (χ1n) is 11.3. The van der Waals surface area contributed by atoms with E-state index < -0.39 is 11.4 Å². The van der Waals surface area contributed by atoms with Crippen LogP contribution in [0.1, 0.15) is 46.1 Å². The molecule has 1 aliphatic carbocycles. The summed E-state index contributed by atoms with van der Waals surface area (Å²) in [5.74, 6) is 0.174. The molecule has 3 atom stereocenters. The molecule has 3 heterocycles. The average Bonchev–Trinajstić information content (AvgIpc) is 3.35. The minimum Gasteiger partial charge on any atom is -0.477 e. The Morgan fingerprint density at radius 1 is 1.47 bits per heavy atom. The predicted octanol–water partition coefficient (Wildman–Crippen LogP) is 6.02. The zero-order chi connectivity index (χ0) is 24.8. The number of aryl methyl sites for hydroxylation is 1. The molecular weight excluding hydrogens is 618 g/mol. The van der Waals surface area contributed by atoms with Crippen molar-refractivity contribution in [3.05, 3.63) is 25.5 Å². The Labute approximate surface area is 220 Å². The fraction of sp³-hybridized carbons (Fsp3) is 0.542. The molecule has 0 unspecified atom stereocenters. The summed E-state index contributed by atoms with van der Waals surface area (Å²) in [5.41, 5.74) is 1.10. The number of nitrogens with zero attached hydrogens (tertiary/aromatic N) is 3. The molecule has 2 aliphatic heterocycles. The number of pyridine rings is 1. The summed E-state index contributed by atoms with van der Waals surface area (Å²) in [6.07, 6.45) is 1.31. The first kappa shape index (κ1) is 25.2. The number of rotatable bonds is 6. The molecule has 7 nitrogen and oxygen atoms in total. The highest BCUT2D eigenvalue weighted by molar-refractivity contribution is 14.1. The summed E-state index contributed by atoms with van der Waals surface area (Å²) in [6, 6.07) is 4.04. The molecule has 1 aromatic carbocycles. The number of amides is 1. The van der Waals surface area contributed by atoms with Crippen LogP contribution < -0.4 is 10.1 Å². The van der Waals surface area contributed by atoms with Crippen molar-refractivity contribution in [3.8, 4) is 11.9 Å². The van der Waals surface area contributed by atoms with E-state index in [1.165, 1.54) is 0 Å². The number of carbonyl (C=O) groups excluding carboxylic acids is 1. The second-order valence-electron chi connectivity index (χ2n) is 9.62. The summed E-state index contributed by atoms with van der Waals surface area (Å²) >= 11 is 5.52. The summed E-state index contributed by atoms with van der Waals surface area (Å²) in [6.45, 7) is 8.47. The van der Waals surface area contributed by atoms with Gasteiger partial charge in [0.25, 0.3) is 0 Å². The Bertz CT molecular complexity index is 1180. The molecule has 182 valence electrons. The van der Waals surface area contributed by atoms with Crippen LogP contribution in [0.4, 0.5) is 14.9 Å². The monoisotopic (exact) mass is 644 g/mol. The van der Waals surface area contributed by atoms with Crippen LogP contribution in [0, 0.1) is 26.6 Å². The molecular formula is C24H27BrFIN4O3. The van der Waals surface area contributed by atoms with Gasteiger partial charge in [0.1, 0.15) is 11.1 Å². The second kappa shape index (κ2) is 9.64. The maximum Gasteiger partial charge on any atom is 0.410 e. The van der Waals surface area contributed by atoms with Gasteiger partial charge in [0.2, 0.25) is 5.88 Å². The number of nitriles is 1. The van der Waals surface area contributed by atoms with Crippen LogP contribution in [0.5, 0.6) is 5.88 Å². The maximum absolute atomic E-state index is 15.4. The van der Waals surface area contributed by atoms with Gasteiger partial charge in [0.15, 0.2) is 5.82 Å². The first-order chi connectivity index (χ1) is 16.1. The van der Waals surface area contributed by atoms with Gasteiger partial charge < -0.3 is 19.7 Å². The lowest BCUT2D eigenvalue weighted by Gasteiger charge is -2.38. The van der Waals surface area contributed by atoms with Crippen molar-refractivity contribution in [1.82, 2.24) is 9.88 Å². The summed E-state index contributed by atoms with van der Waals surface area (Å²) < 4.78 is 27.8. The van der Waals surface area contributed by atoms with E-state index in [9.17, 15) is 4.79 Å². The van der Waals surface area contributed by atoms with Crippen LogP contribution in [0.3, 0.4) is 0 Å². The predicted molar refractivity (Wildman–Crippen MR) is 139 cm³/mol. The summed E-state index contributed by atoms with van der Waals surface area (Å²) in [5, 5.41) is 13.3. The van der Waals surface area contributed by atoms with E-state index in [0.717, 1.165) is 15.7 Å². The highest BCUT2D eigenvalue weighted by atomic mass is 127. The van der Waals surface area contributed by atoms with E-state index in [1.807, 2.05) is 33.8 Å². The van der Waals surface area contributed by atoms with E-state index in [1.54, 1.807) is 4.90 Å². The number of nitrogens with one attached hydrogen (secondary N) is 1. The Hall–Kier alpha value is -1.87. The van der Waals surface area contributed by atoms with Gasteiger partial charge in [-0.25, -0.2) is 14.2 Å². The third-order valence-electron chi connectivity index (χ3n) is 6.17. The zero-order valence-electron chi connectivity index (χ0n) is 19.5. The number of benzene rings is 1. The largest absolute Gasteiger partial charge is 0.477 e. The zero-order valence-corrected chi connectivity index (χ0v) is 23.3. The van der Waals surface area contributed by atoms with Crippen LogP contribution in [0.25, 0.3) is 10.9 Å². The lowest BCUT2D eigenvalue weighted by atomic mass is 9.80. The van der Waals surface area contributed by atoms with Crippen molar-refractivity contribution >= 4 is 61.2 Å². The fourth-order valence-electron chi connectivity index (χ4n) is 4.62. The molecule has 2 bridgehead atoms. The Kier molecular flexibility index (Phi) is 7.16. The summed E-state index contributed by atoms with van der Waals surface area (Å²) in [7, 11) is 0. The molecule has 1 N–H and O–H groups in total. The Morgan fingerprint density at radius 2 is 2.21 bits per heavy atom. The number of carbonyl (C=O) groups is 1. The van der Waals surface area contributed by atoms with Crippen molar-refractivity contribution in [2.75, 3.05) is 18.5 Å². The number of halogens is 3. The molecule has 0 radical (unpaired) electrons. The van der Waals surface area contributed by atoms with Gasteiger partial charge in [-0.1, -0.05) is 0 Å². The van der Waals surface area contributed by atoms with Gasteiger partial charge in [0, 0.05) is 24.3 Å². The quantitative estimate of drug-likeness (QED) is 0.387. The van der Waals surface area contributed by atoms with E-state index in [0.29, 0.717) is 40.9 Å². The van der Waals surface area contributed by atoms with Crippen molar-refractivity contribution in [3.63, 3.8) is 0 Å². The van der Waals surface area contributed by atoms with E-state index in [4.69, 9.17) is 14.7 Å². The highest BCUT2D eigenvalue weighted by Crippen LogP contribution is 2.46. The third kappa shape index (κ3) is 4.65. The molecule has 10 heteroatoms. The van der Waals surface area contributed by atoms with Crippen LogP contribution in [0.15, 0.2) is 10.5 Å². The van der Waals surface area contributed by atoms with E-state index >= 15 is 4.39 Å². The van der Waals surface area contributed by atoms with Gasteiger partial charge in [-0.3, -0.25) is 0 Å². The van der Waals surface area contributed by atoms with Gasteiger partial charge in [0.05, 0.1) is 38.5 Å². The number of hydrogen-bond donors (Lipinski definition) is 1. The number of hydrogen-bond acceptors (Lipinski definition) is 6. The lowest BCUT2D eigenvalue weighted by molar-refractivity contribution is 0.0239. The molecule has 3 aliphatic rings. The van der Waals surface area contributed by atoms with E-state index in [2.05, 4.69) is 54.9 Å². The minimum absolute atomic E-state index is 0.00719. The van der Waals surface area contributed by atoms with Gasteiger partial charge in [-0.2, -0.15) is 5.26 Å². The summed E-state index contributed by atoms with van der Waals surface area (Å²) in [4.78, 5) is 19.0. The highest BCUT2D eigenvalue weighted by Gasteiger charge is 2.55. The molecule has 5 rings (SSSR count). The molecule has 1 saturated carbocycles. The van der Waals surface area contributed by atoms with Crippen LogP contribution >= 0.6 is 38.5 Å². The number of anilines is 1. The molecule has 1 amide bonds. The van der Waals surface area contributed by atoms with Crippen LogP contribution in [-0.4, -0.2) is 46.8 Å². The number of ether oxygens (including phenoxy) is 2. The smallest absolute Gasteiger partial charge is 0.410 e. The molecule has 3 fully saturated rings. The second-order valence-corrected chi connectivity index (χ2v) is 11.5. The number of aromatic nitrogens is 1. The van der Waals surface area contributed by atoms with Crippen molar-refractivity contribution in [2.45, 2.75) is 64.6 Å². The molecule has 2 saturated heterocycles. The van der Waals surface area contributed by atoms with Crippen LogP contribution in [-0.2, 0) is 11.2 Å². The SMILES string of the molecule is CCOc1nc2c(F)c(Br)c(CCC#N)cc2c(N[C@H]2[C@@H]3C[C@H]2N(C(=O)OC(C)(C)C)C3)c1I. The molecule has 34 heavy (non-hydrogen) atoms. The molecule has 2 aromatic rings. The van der Waals surface area contributed by atoms with Gasteiger partial charge in [-0.15, -0.1) is 0 Å². The molecule has 0 spiro atoms. The lowest BCUT2D eigenvalue weighted by Crippen LogP contribution is -2.50. The average molecular weight is 645 g/mol. The van der Waals surface area contributed by atoms with Crippen molar-refractivity contribution in [2.24, 2.45) is 5.92 Å². The fourth-order valence-corrected chi connectivity index (χ4v) is 5.84. The topological polar surface area (TPSA) is 87.5 Å². The van der Waals surface area contributed by atoms with Crippen LogP contribution in [0.2, 0.25) is 0 Å². The van der Waals surface area contributed by atoms with Gasteiger partial charge >= 0.3 is 6.09 Å². The standard InChI is InChI=1S/C24H27BrFIN4O3/c1-5-33-22-18(27)21(14-9-12(7-6-8-28)16(25)17(26)20(14)30-22)29-19-13-10-15(19)31(11-13)23(32)34-24(2,3)4/h9,13,15,19H,5-7,10-11H2,1-4H3,(H,29,30)/t13-,15-,19+/m1/s1. The maximum atomic E-state index is 15.4. The third-order valence-corrected chi connectivity index (χ3v) is 8.03. The van der Waals surface area contributed by atoms with Gasteiger partial charge in [-0.05, 0) is 90.7 Å². The number of fused-ring (bicyclic) bond motifs is 2. The van der Waals surface area contributed by atoms with Crippen molar-refractivity contribution in [1.29, 1.82) is 5.26 Å². The Morgan fingerprint density at radius 3 is 2.85 bits per heavy atom. The van der Waals surface area contributed by atoms with Crippen molar-refractivity contribution < 1.29 is 18.7 Å². The Balaban J connectivity index is 1.72.